The number of thioether (sulfide) groups is 1. The minimum Gasteiger partial charge on any atom is -0.481 e. The summed E-state index contributed by atoms with van der Waals surface area (Å²) in [7, 11) is 0. The number of hydrogen-bond acceptors (Lipinski definition) is 6. The fourth-order valence-corrected chi connectivity index (χ4v) is 5.95. The van der Waals surface area contributed by atoms with Gasteiger partial charge in [-0.3, -0.25) is 9.69 Å². The van der Waals surface area contributed by atoms with E-state index in [-0.39, 0.29) is 6.42 Å². The predicted molar refractivity (Wildman–Crippen MR) is 127 cm³/mol. The number of piperazine rings is 1. The van der Waals surface area contributed by atoms with Crippen molar-refractivity contribution in [1.29, 1.82) is 0 Å². The maximum absolute atomic E-state index is 11.0. The molecule has 0 saturated carbocycles. The van der Waals surface area contributed by atoms with Crippen molar-refractivity contribution in [2.75, 3.05) is 43.4 Å². The molecule has 1 aliphatic heterocycles. The summed E-state index contributed by atoms with van der Waals surface area (Å²) < 4.78 is 1.14. The number of hydrogen-bond donors (Lipinski definition) is 1. The first-order valence-electron chi connectivity index (χ1n) is 9.95. The van der Waals surface area contributed by atoms with Gasteiger partial charge in [-0.1, -0.05) is 35.1 Å². The third-order valence-corrected chi connectivity index (χ3v) is 7.71. The fourth-order valence-electron chi connectivity index (χ4n) is 3.55. The van der Waals surface area contributed by atoms with Crippen molar-refractivity contribution in [3.63, 3.8) is 0 Å². The average molecular weight is 462 g/mol. The summed E-state index contributed by atoms with van der Waals surface area (Å²) in [6.45, 7) is 7.11. The number of anilines is 1. The Bertz CT molecular complexity index is 1050. The zero-order chi connectivity index (χ0) is 21.1. The van der Waals surface area contributed by atoms with Gasteiger partial charge in [0.25, 0.3) is 0 Å². The Morgan fingerprint density at radius 3 is 2.77 bits per heavy atom. The van der Waals surface area contributed by atoms with Crippen LogP contribution in [0.25, 0.3) is 10.2 Å². The highest BCUT2D eigenvalue weighted by Gasteiger charge is 2.20. The monoisotopic (exact) mass is 461 g/mol. The highest BCUT2D eigenvalue weighted by atomic mass is 35.5. The van der Waals surface area contributed by atoms with Crippen molar-refractivity contribution in [1.82, 2.24) is 9.88 Å². The summed E-state index contributed by atoms with van der Waals surface area (Å²) in [5.74, 6) is 0.209. The molecule has 2 heterocycles. The Kier molecular flexibility index (Phi) is 6.83. The zero-order valence-electron chi connectivity index (χ0n) is 16.8. The minimum atomic E-state index is -0.788. The molecule has 1 aliphatic rings. The first-order chi connectivity index (χ1) is 14.5. The molecule has 0 aliphatic carbocycles. The van der Waals surface area contributed by atoms with Crippen LogP contribution in [0.4, 0.5) is 5.13 Å². The molecular formula is C22H24ClN3O2S2. The van der Waals surface area contributed by atoms with E-state index >= 15 is 0 Å². The summed E-state index contributed by atoms with van der Waals surface area (Å²) in [6.07, 6.45) is 0.0772. The summed E-state index contributed by atoms with van der Waals surface area (Å²) in [6, 6.07) is 11.8. The van der Waals surface area contributed by atoms with E-state index in [1.54, 1.807) is 11.3 Å². The Hall–Kier alpha value is -1.80. The molecule has 1 N–H and O–H groups in total. The number of aromatic nitrogens is 1. The van der Waals surface area contributed by atoms with Gasteiger partial charge in [0.2, 0.25) is 0 Å². The van der Waals surface area contributed by atoms with E-state index in [2.05, 4.69) is 16.7 Å². The Morgan fingerprint density at radius 2 is 2.00 bits per heavy atom. The van der Waals surface area contributed by atoms with Crippen LogP contribution in [0.2, 0.25) is 5.02 Å². The smallest absolute Gasteiger partial charge is 0.307 e. The molecule has 0 atom stereocenters. The van der Waals surface area contributed by atoms with Gasteiger partial charge in [0.05, 0.1) is 16.6 Å². The second-order valence-corrected chi connectivity index (χ2v) is 10.0. The molecule has 8 heteroatoms. The van der Waals surface area contributed by atoms with Crippen LogP contribution < -0.4 is 4.90 Å². The van der Waals surface area contributed by atoms with Crippen molar-refractivity contribution >= 4 is 56.0 Å². The van der Waals surface area contributed by atoms with Crippen LogP contribution in [-0.4, -0.2) is 59.4 Å². The van der Waals surface area contributed by atoms with Gasteiger partial charge < -0.3 is 10.0 Å². The summed E-state index contributed by atoms with van der Waals surface area (Å²) in [5.41, 5.74) is 3.08. The van der Waals surface area contributed by atoms with E-state index in [1.165, 1.54) is 10.5 Å². The first kappa shape index (κ1) is 21.4. The third kappa shape index (κ3) is 5.27. The number of carbonyl (C=O) groups is 1. The van der Waals surface area contributed by atoms with Gasteiger partial charge in [0.1, 0.15) is 0 Å². The van der Waals surface area contributed by atoms with Crippen molar-refractivity contribution in [2.24, 2.45) is 0 Å². The van der Waals surface area contributed by atoms with Crippen molar-refractivity contribution in [3.05, 3.63) is 52.5 Å². The first-order valence-corrected chi connectivity index (χ1v) is 12.1. The molecule has 4 rings (SSSR count). The van der Waals surface area contributed by atoms with Crippen molar-refractivity contribution < 1.29 is 9.90 Å². The van der Waals surface area contributed by atoms with E-state index in [4.69, 9.17) is 21.7 Å². The second kappa shape index (κ2) is 9.56. The van der Waals surface area contributed by atoms with Crippen molar-refractivity contribution in [3.8, 4) is 0 Å². The summed E-state index contributed by atoms with van der Waals surface area (Å²) in [5, 5.41) is 10.8. The molecule has 5 nitrogen and oxygen atoms in total. The highest BCUT2D eigenvalue weighted by molar-refractivity contribution is 7.99. The lowest BCUT2D eigenvalue weighted by Gasteiger charge is -2.34. The fraction of sp³-hybridized carbons (Fsp3) is 0.364. The number of nitrogens with zero attached hydrogens (tertiary/aromatic N) is 3. The molecule has 2 aromatic carbocycles. The number of carboxylic acids is 1. The number of aliphatic carboxylic acids is 1. The van der Waals surface area contributed by atoms with Crippen LogP contribution in [-0.2, 0) is 11.2 Å². The van der Waals surface area contributed by atoms with Gasteiger partial charge >= 0.3 is 5.97 Å². The molecule has 0 unspecified atom stereocenters. The van der Waals surface area contributed by atoms with E-state index < -0.39 is 5.97 Å². The van der Waals surface area contributed by atoms with Crippen LogP contribution in [0.15, 0.2) is 41.3 Å². The van der Waals surface area contributed by atoms with Gasteiger partial charge in [0.15, 0.2) is 5.13 Å². The number of thiazole rings is 1. The van der Waals surface area contributed by atoms with Gasteiger partial charge in [0, 0.05) is 48.4 Å². The Morgan fingerprint density at radius 1 is 1.20 bits per heavy atom. The topological polar surface area (TPSA) is 56.7 Å². The number of carboxylic acid groups (broad SMARTS) is 1. The normalized spacial score (nSPS) is 15.1. The molecule has 0 spiro atoms. The molecule has 30 heavy (non-hydrogen) atoms. The largest absolute Gasteiger partial charge is 0.481 e. The van der Waals surface area contributed by atoms with Crippen molar-refractivity contribution in [2.45, 2.75) is 18.2 Å². The minimum absolute atomic E-state index is 0.0772. The predicted octanol–water partition coefficient (Wildman–Crippen LogP) is 4.80. The molecule has 0 radical (unpaired) electrons. The van der Waals surface area contributed by atoms with Crippen LogP contribution in [0.5, 0.6) is 0 Å². The summed E-state index contributed by atoms with van der Waals surface area (Å²) >= 11 is 9.62. The molecule has 0 amide bonds. The lowest BCUT2D eigenvalue weighted by molar-refractivity contribution is -0.136. The van der Waals surface area contributed by atoms with Crippen LogP contribution in [0.1, 0.15) is 11.1 Å². The lowest BCUT2D eigenvalue weighted by Crippen LogP contribution is -2.47. The number of rotatable bonds is 7. The molecule has 0 bridgehead atoms. The molecular weight excluding hydrogens is 438 g/mol. The van der Waals surface area contributed by atoms with E-state index in [9.17, 15) is 4.79 Å². The molecule has 1 fully saturated rings. The second-order valence-electron chi connectivity index (χ2n) is 7.46. The van der Waals surface area contributed by atoms with Gasteiger partial charge in [-0.15, -0.1) is 11.8 Å². The van der Waals surface area contributed by atoms with Gasteiger partial charge in [-0.2, -0.15) is 0 Å². The number of aryl methyl sites for hydroxylation is 1. The third-order valence-electron chi connectivity index (χ3n) is 5.25. The van der Waals surface area contributed by atoms with Crippen LogP contribution in [0.3, 0.4) is 0 Å². The molecule has 1 saturated heterocycles. The molecule has 3 aromatic rings. The van der Waals surface area contributed by atoms with E-state index in [1.807, 2.05) is 48.2 Å². The van der Waals surface area contributed by atoms with E-state index in [0.29, 0.717) is 0 Å². The number of halogens is 1. The zero-order valence-corrected chi connectivity index (χ0v) is 19.2. The molecule has 158 valence electrons. The van der Waals surface area contributed by atoms with Crippen LogP contribution in [0, 0.1) is 6.92 Å². The van der Waals surface area contributed by atoms with Crippen LogP contribution >= 0.6 is 34.7 Å². The SMILES string of the molecule is Cc1ccc(CC(=O)O)cc1SCCN1CCN(c2nc3ccc(Cl)cc3s2)CC1. The number of benzene rings is 2. The number of fused-ring (bicyclic) bond motifs is 1. The highest BCUT2D eigenvalue weighted by Crippen LogP contribution is 2.31. The lowest BCUT2D eigenvalue weighted by atomic mass is 10.1. The Labute approximate surface area is 189 Å². The quantitative estimate of drug-likeness (QED) is 0.510. The summed E-state index contributed by atoms with van der Waals surface area (Å²) in [4.78, 5) is 21.8. The standard InChI is InChI=1S/C22H24ClN3O2S2/c1-15-2-3-16(13-21(27)28)12-19(15)29-11-10-25-6-8-26(9-7-25)22-24-18-5-4-17(23)14-20(18)30-22/h2-5,12,14H,6-11,13H2,1H3,(H,27,28). The van der Waals surface area contributed by atoms with Gasteiger partial charge in [-0.05, 0) is 42.3 Å². The molecule has 1 aromatic heterocycles. The maximum Gasteiger partial charge on any atom is 0.307 e. The Balaban J connectivity index is 1.27. The van der Waals surface area contributed by atoms with Gasteiger partial charge in [-0.25, -0.2) is 4.98 Å². The van der Waals surface area contributed by atoms with E-state index in [0.717, 1.165) is 64.4 Å². The average Bonchev–Trinajstić information content (AvgIpc) is 3.13. The maximum atomic E-state index is 11.0.